The first-order valence-electron chi connectivity index (χ1n) is 7.14. The maximum atomic E-state index is 5.99. The molecule has 4 rings (SSSR count). The summed E-state index contributed by atoms with van der Waals surface area (Å²) >= 11 is 0. The monoisotopic (exact) mass is 241 g/mol. The van der Waals surface area contributed by atoms with E-state index >= 15 is 0 Å². The standard InChI is InChI=1S/C16H19NO/c17-9-15-16(10-5-6-10)13-7-11-3-1-2-4-12(11)8-14(13)18-15/h7-8,10H,1-6,9,17H2. The van der Waals surface area contributed by atoms with E-state index in [0.717, 1.165) is 11.3 Å². The number of furan rings is 1. The predicted molar refractivity (Wildman–Crippen MR) is 72.7 cm³/mol. The SMILES string of the molecule is NCc1oc2cc3c(cc2c1C1CC1)CCCC3. The van der Waals surface area contributed by atoms with Crippen LogP contribution in [-0.2, 0) is 19.4 Å². The van der Waals surface area contributed by atoms with Gasteiger partial charge in [-0.2, -0.15) is 0 Å². The third-order valence-electron chi connectivity index (χ3n) is 4.44. The average molecular weight is 241 g/mol. The molecule has 2 nitrogen and oxygen atoms in total. The maximum absolute atomic E-state index is 5.99. The van der Waals surface area contributed by atoms with Gasteiger partial charge in [0.15, 0.2) is 0 Å². The molecule has 1 saturated carbocycles. The van der Waals surface area contributed by atoms with Crippen LogP contribution in [0.15, 0.2) is 16.5 Å². The molecule has 1 aromatic carbocycles. The van der Waals surface area contributed by atoms with Crippen LogP contribution in [0.1, 0.15) is 54.1 Å². The number of nitrogens with two attached hydrogens (primary N) is 1. The number of hydrogen-bond donors (Lipinski definition) is 1. The van der Waals surface area contributed by atoms with Gasteiger partial charge >= 0.3 is 0 Å². The molecule has 1 heterocycles. The molecule has 2 heteroatoms. The highest BCUT2D eigenvalue weighted by molar-refractivity contribution is 5.85. The summed E-state index contributed by atoms with van der Waals surface area (Å²) in [6.45, 7) is 0.533. The Hall–Kier alpha value is -1.28. The van der Waals surface area contributed by atoms with Crippen molar-refractivity contribution in [2.75, 3.05) is 0 Å². The third-order valence-corrected chi connectivity index (χ3v) is 4.44. The molecule has 0 amide bonds. The van der Waals surface area contributed by atoms with Crippen LogP contribution in [0.2, 0.25) is 0 Å². The fourth-order valence-corrected chi connectivity index (χ4v) is 3.37. The van der Waals surface area contributed by atoms with E-state index in [9.17, 15) is 0 Å². The fourth-order valence-electron chi connectivity index (χ4n) is 3.37. The number of hydrogen-bond acceptors (Lipinski definition) is 2. The van der Waals surface area contributed by atoms with Crippen LogP contribution in [0.5, 0.6) is 0 Å². The zero-order valence-electron chi connectivity index (χ0n) is 10.7. The third kappa shape index (κ3) is 1.52. The van der Waals surface area contributed by atoms with Crippen molar-refractivity contribution in [3.8, 4) is 0 Å². The van der Waals surface area contributed by atoms with E-state index in [1.54, 1.807) is 5.56 Å². The second-order valence-corrected chi connectivity index (χ2v) is 5.74. The molecule has 1 aromatic heterocycles. The average Bonchev–Trinajstić information content (AvgIpc) is 3.17. The van der Waals surface area contributed by atoms with Crippen LogP contribution in [0, 0.1) is 0 Å². The number of rotatable bonds is 2. The van der Waals surface area contributed by atoms with E-state index in [2.05, 4.69) is 12.1 Å². The van der Waals surface area contributed by atoms with Crippen LogP contribution in [0.3, 0.4) is 0 Å². The first kappa shape index (κ1) is 10.6. The second-order valence-electron chi connectivity index (χ2n) is 5.74. The van der Waals surface area contributed by atoms with Gasteiger partial charge in [0, 0.05) is 10.9 Å². The number of aryl methyl sites for hydroxylation is 2. The minimum atomic E-state index is 0.533. The molecule has 2 N–H and O–H groups in total. The molecule has 1 fully saturated rings. The van der Waals surface area contributed by atoms with Crippen molar-refractivity contribution in [1.29, 1.82) is 0 Å². The maximum Gasteiger partial charge on any atom is 0.134 e. The minimum absolute atomic E-state index is 0.533. The molecule has 2 aromatic rings. The van der Waals surface area contributed by atoms with Gasteiger partial charge in [-0.15, -0.1) is 0 Å². The zero-order valence-corrected chi connectivity index (χ0v) is 10.7. The molecule has 2 aliphatic carbocycles. The lowest BCUT2D eigenvalue weighted by Crippen LogP contribution is -2.02. The molecule has 94 valence electrons. The normalized spacial score (nSPS) is 19.2. The van der Waals surface area contributed by atoms with E-state index < -0.39 is 0 Å². The Bertz CT molecular complexity index is 607. The molecule has 0 radical (unpaired) electrons. The van der Waals surface area contributed by atoms with Gasteiger partial charge in [0.1, 0.15) is 11.3 Å². The molecular formula is C16H19NO. The Labute approximate surface area is 107 Å². The van der Waals surface area contributed by atoms with Crippen molar-refractivity contribution < 1.29 is 4.42 Å². The molecule has 2 aliphatic rings. The molecule has 0 aliphatic heterocycles. The van der Waals surface area contributed by atoms with Crippen LogP contribution >= 0.6 is 0 Å². The Morgan fingerprint density at radius 1 is 1.11 bits per heavy atom. The summed E-state index contributed by atoms with van der Waals surface area (Å²) < 4.78 is 5.99. The van der Waals surface area contributed by atoms with Crippen molar-refractivity contribution in [2.24, 2.45) is 5.73 Å². The summed E-state index contributed by atoms with van der Waals surface area (Å²) in [6.07, 6.45) is 7.70. The fraction of sp³-hybridized carbons (Fsp3) is 0.500. The van der Waals surface area contributed by atoms with E-state index in [1.165, 1.54) is 55.0 Å². The van der Waals surface area contributed by atoms with Gasteiger partial charge < -0.3 is 10.2 Å². The lowest BCUT2D eigenvalue weighted by Gasteiger charge is -2.15. The highest BCUT2D eigenvalue weighted by Gasteiger charge is 2.30. The highest BCUT2D eigenvalue weighted by atomic mass is 16.3. The molecule has 0 bridgehead atoms. The topological polar surface area (TPSA) is 39.2 Å². The largest absolute Gasteiger partial charge is 0.459 e. The second kappa shape index (κ2) is 3.86. The summed E-state index contributed by atoms with van der Waals surface area (Å²) in [5.74, 6) is 1.74. The lowest BCUT2D eigenvalue weighted by atomic mass is 9.90. The summed E-state index contributed by atoms with van der Waals surface area (Å²) in [5.41, 5.74) is 11.4. The smallest absolute Gasteiger partial charge is 0.134 e. The number of benzene rings is 1. The molecule has 0 saturated heterocycles. The summed E-state index contributed by atoms with van der Waals surface area (Å²) in [5, 5.41) is 1.35. The minimum Gasteiger partial charge on any atom is -0.459 e. The van der Waals surface area contributed by atoms with Gasteiger partial charge in [-0.25, -0.2) is 0 Å². The van der Waals surface area contributed by atoms with Crippen molar-refractivity contribution >= 4 is 11.0 Å². The predicted octanol–water partition coefficient (Wildman–Crippen LogP) is 3.65. The Kier molecular flexibility index (Phi) is 2.28. The van der Waals surface area contributed by atoms with Gasteiger partial charge in [-0.1, -0.05) is 0 Å². The van der Waals surface area contributed by atoms with Gasteiger partial charge in [-0.05, 0) is 67.7 Å². The van der Waals surface area contributed by atoms with Crippen LogP contribution in [0.25, 0.3) is 11.0 Å². The molecule has 18 heavy (non-hydrogen) atoms. The van der Waals surface area contributed by atoms with Gasteiger partial charge in [0.2, 0.25) is 0 Å². The molecular weight excluding hydrogens is 222 g/mol. The van der Waals surface area contributed by atoms with E-state index in [-0.39, 0.29) is 0 Å². The van der Waals surface area contributed by atoms with Crippen molar-refractivity contribution in [3.05, 3.63) is 34.6 Å². The quantitative estimate of drug-likeness (QED) is 0.871. The van der Waals surface area contributed by atoms with E-state index in [1.807, 2.05) is 0 Å². The Balaban J connectivity index is 1.96. The van der Waals surface area contributed by atoms with Crippen LogP contribution in [0.4, 0.5) is 0 Å². The highest BCUT2D eigenvalue weighted by Crippen LogP contribution is 2.46. The molecule has 0 unspecified atom stereocenters. The van der Waals surface area contributed by atoms with Gasteiger partial charge in [0.25, 0.3) is 0 Å². The van der Waals surface area contributed by atoms with Gasteiger partial charge in [-0.3, -0.25) is 0 Å². The summed E-state index contributed by atoms with van der Waals surface area (Å²) in [7, 11) is 0. The van der Waals surface area contributed by atoms with E-state index in [0.29, 0.717) is 12.5 Å². The Morgan fingerprint density at radius 2 is 1.83 bits per heavy atom. The molecule has 0 atom stereocenters. The first-order valence-corrected chi connectivity index (χ1v) is 7.14. The van der Waals surface area contributed by atoms with Crippen LogP contribution in [-0.4, -0.2) is 0 Å². The van der Waals surface area contributed by atoms with Crippen molar-refractivity contribution in [3.63, 3.8) is 0 Å². The van der Waals surface area contributed by atoms with Crippen LogP contribution < -0.4 is 5.73 Å². The Morgan fingerprint density at radius 3 is 2.50 bits per heavy atom. The lowest BCUT2D eigenvalue weighted by molar-refractivity contribution is 0.545. The summed E-state index contributed by atoms with van der Waals surface area (Å²) in [4.78, 5) is 0. The van der Waals surface area contributed by atoms with Gasteiger partial charge in [0.05, 0.1) is 6.54 Å². The van der Waals surface area contributed by atoms with Crippen molar-refractivity contribution in [1.82, 2.24) is 0 Å². The number of fused-ring (bicyclic) bond motifs is 2. The van der Waals surface area contributed by atoms with Crippen molar-refractivity contribution in [2.45, 2.75) is 51.0 Å². The first-order chi connectivity index (χ1) is 8.86. The summed E-state index contributed by atoms with van der Waals surface area (Å²) in [6, 6.07) is 4.66. The zero-order chi connectivity index (χ0) is 12.1. The van der Waals surface area contributed by atoms with E-state index in [4.69, 9.17) is 10.2 Å². The molecule has 0 spiro atoms.